The number of anilines is 1. The number of rotatable bonds is 4. The van der Waals surface area contributed by atoms with Gasteiger partial charge in [-0.2, -0.15) is 0 Å². The molecule has 0 spiro atoms. The lowest BCUT2D eigenvalue weighted by atomic mass is 9.45. The van der Waals surface area contributed by atoms with Gasteiger partial charge in [0.2, 0.25) is 0 Å². The van der Waals surface area contributed by atoms with E-state index in [-0.39, 0.29) is 40.2 Å². The fourth-order valence-electron chi connectivity index (χ4n) is 8.93. The largest absolute Gasteiger partial charge is 0.442 e. The normalized spacial score (nSPS) is 36.5. The van der Waals surface area contributed by atoms with Crippen LogP contribution in [0, 0.1) is 22.7 Å². The van der Waals surface area contributed by atoms with Crippen molar-refractivity contribution in [3.8, 4) is 0 Å². The SMILES string of the molecule is CC(=O)c1ccc(NC(=O)O[C@@H]2C=C3CCC4[C@H](CC[C@]5(C)[C@@H](c6ccc(=O)oc6)CC[C@]45O)[C@@]3(C)CC2)cc1. The summed E-state index contributed by atoms with van der Waals surface area (Å²) < 4.78 is 11.0. The molecule has 0 saturated heterocycles. The summed E-state index contributed by atoms with van der Waals surface area (Å²) in [5, 5.41) is 15.2. The van der Waals surface area contributed by atoms with E-state index in [0.29, 0.717) is 17.2 Å². The first-order valence-corrected chi connectivity index (χ1v) is 14.6. The number of aliphatic hydroxyl groups is 1. The van der Waals surface area contributed by atoms with Crippen LogP contribution in [0.3, 0.4) is 0 Å². The number of hydrogen-bond donors (Lipinski definition) is 2. The number of amides is 1. The Balaban J connectivity index is 1.16. The van der Waals surface area contributed by atoms with Crippen molar-refractivity contribution in [2.45, 2.75) is 89.8 Å². The van der Waals surface area contributed by atoms with Gasteiger partial charge in [-0.15, -0.1) is 0 Å². The molecule has 2 aromatic rings. The second kappa shape index (κ2) is 9.72. The molecular formula is C33H39NO6. The first kappa shape index (κ1) is 27.0. The summed E-state index contributed by atoms with van der Waals surface area (Å²) in [6.07, 6.45) is 10.1. The lowest BCUT2D eigenvalue weighted by Crippen LogP contribution is -2.60. The van der Waals surface area contributed by atoms with Crippen LogP contribution in [0.25, 0.3) is 0 Å². The standard InChI is InChI=1S/C33H39NO6/c1-20(35)21-4-8-24(9-5-21)34-30(37)40-25-12-15-31(2)23(18-25)7-10-28-27(31)13-16-32(3)26(14-17-33(28,32)38)22-6-11-29(36)39-19-22/h4-6,8-9,11,18-19,25-28,38H,7,10,12-17H2,1-3H3,(H,34,37)/t25-,26+,27-,28?,31-,32+,33-/m0/s1. The Labute approximate surface area is 235 Å². The highest BCUT2D eigenvalue weighted by Gasteiger charge is 2.66. The van der Waals surface area contributed by atoms with E-state index in [1.165, 1.54) is 18.6 Å². The molecule has 4 aliphatic carbocycles. The summed E-state index contributed by atoms with van der Waals surface area (Å²) in [6, 6.07) is 10.2. The van der Waals surface area contributed by atoms with E-state index < -0.39 is 11.7 Å². The van der Waals surface area contributed by atoms with Gasteiger partial charge in [-0.3, -0.25) is 10.1 Å². The van der Waals surface area contributed by atoms with Gasteiger partial charge in [-0.05, 0) is 123 Å². The predicted molar refractivity (Wildman–Crippen MR) is 151 cm³/mol. The predicted octanol–water partition coefficient (Wildman–Crippen LogP) is 6.62. The van der Waals surface area contributed by atoms with Gasteiger partial charge in [0.25, 0.3) is 0 Å². The highest BCUT2D eigenvalue weighted by molar-refractivity contribution is 5.95. The number of hydrogen-bond acceptors (Lipinski definition) is 6. The molecule has 0 bridgehead atoms. The van der Waals surface area contributed by atoms with Crippen molar-refractivity contribution in [1.29, 1.82) is 0 Å². The Morgan fingerprint density at radius 2 is 1.75 bits per heavy atom. The monoisotopic (exact) mass is 545 g/mol. The summed E-state index contributed by atoms with van der Waals surface area (Å²) >= 11 is 0. The van der Waals surface area contributed by atoms with Crippen LogP contribution in [0.1, 0.15) is 94.0 Å². The number of carbonyl (C=O) groups excluding carboxylic acids is 2. The number of allylic oxidation sites excluding steroid dienone is 1. The van der Waals surface area contributed by atoms with Crippen LogP contribution in [-0.2, 0) is 4.74 Å². The third-order valence-electron chi connectivity index (χ3n) is 11.2. The zero-order valence-corrected chi connectivity index (χ0v) is 23.6. The smallest absolute Gasteiger partial charge is 0.412 e. The van der Waals surface area contributed by atoms with Gasteiger partial charge in [0.05, 0.1) is 11.9 Å². The minimum absolute atomic E-state index is 0.0174. The molecule has 6 rings (SSSR count). The third kappa shape index (κ3) is 4.25. The molecule has 212 valence electrons. The van der Waals surface area contributed by atoms with Crippen molar-refractivity contribution in [2.24, 2.45) is 22.7 Å². The Morgan fingerprint density at radius 3 is 2.45 bits per heavy atom. The molecule has 3 fully saturated rings. The molecule has 0 aliphatic heterocycles. The van der Waals surface area contributed by atoms with Crippen molar-refractivity contribution in [1.82, 2.24) is 0 Å². The van der Waals surface area contributed by atoms with Gasteiger partial charge < -0.3 is 14.3 Å². The van der Waals surface area contributed by atoms with E-state index in [4.69, 9.17) is 9.15 Å². The molecule has 2 N–H and O–H groups in total. The average Bonchev–Trinajstić information content (AvgIpc) is 3.20. The maximum atomic E-state index is 12.6. The number of fused-ring (bicyclic) bond motifs is 5. The van der Waals surface area contributed by atoms with Crippen molar-refractivity contribution in [3.05, 3.63) is 75.9 Å². The number of Topliss-reactive ketones (excluding diaryl/α,β-unsaturated/α-hetero) is 1. The average molecular weight is 546 g/mol. The molecule has 7 atom stereocenters. The molecule has 1 aromatic carbocycles. The Morgan fingerprint density at radius 1 is 0.975 bits per heavy atom. The van der Waals surface area contributed by atoms with Gasteiger partial charge >= 0.3 is 11.7 Å². The number of nitrogens with one attached hydrogen (secondary N) is 1. The number of benzene rings is 1. The van der Waals surface area contributed by atoms with E-state index >= 15 is 0 Å². The zero-order valence-electron chi connectivity index (χ0n) is 23.6. The van der Waals surface area contributed by atoms with Crippen molar-refractivity contribution >= 4 is 17.6 Å². The molecule has 4 aliphatic rings. The van der Waals surface area contributed by atoms with E-state index in [1.807, 2.05) is 6.07 Å². The van der Waals surface area contributed by atoms with E-state index in [0.717, 1.165) is 56.9 Å². The fraction of sp³-hybridized carbons (Fsp3) is 0.545. The summed E-state index contributed by atoms with van der Waals surface area (Å²) in [7, 11) is 0. The molecule has 1 heterocycles. The first-order valence-electron chi connectivity index (χ1n) is 14.6. The molecule has 0 radical (unpaired) electrons. The van der Waals surface area contributed by atoms with Crippen LogP contribution in [0.15, 0.2) is 63.5 Å². The van der Waals surface area contributed by atoms with Crippen molar-refractivity contribution in [2.75, 3.05) is 5.32 Å². The first-order chi connectivity index (χ1) is 19.0. The van der Waals surface area contributed by atoms with E-state index in [2.05, 4.69) is 25.2 Å². The topological polar surface area (TPSA) is 106 Å². The van der Waals surface area contributed by atoms with Gasteiger partial charge in [0.1, 0.15) is 6.10 Å². The number of ether oxygens (including phenoxy) is 1. The Kier molecular flexibility index (Phi) is 6.56. The van der Waals surface area contributed by atoms with Crippen LogP contribution in [-0.4, -0.2) is 28.7 Å². The Hall–Kier alpha value is -3.19. The fourth-order valence-corrected chi connectivity index (χ4v) is 8.93. The lowest BCUT2D eigenvalue weighted by molar-refractivity contribution is -0.178. The van der Waals surface area contributed by atoms with Crippen LogP contribution in [0.4, 0.5) is 10.5 Å². The number of carbonyl (C=O) groups is 2. The van der Waals surface area contributed by atoms with Gasteiger partial charge in [-0.25, -0.2) is 9.59 Å². The second-order valence-electron chi connectivity index (χ2n) is 13.0. The maximum Gasteiger partial charge on any atom is 0.412 e. The third-order valence-corrected chi connectivity index (χ3v) is 11.2. The summed E-state index contributed by atoms with van der Waals surface area (Å²) in [6.45, 7) is 6.11. The molecule has 3 saturated carbocycles. The summed E-state index contributed by atoms with van der Waals surface area (Å²) in [4.78, 5) is 35.7. The van der Waals surface area contributed by atoms with Crippen LogP contribution < -0.4 is 10.9 Å². The van der Waals surface area contributed by atoms with Crippen LogP contribution >= 0.6 is 0 Å². The van der Waals surface area contributed by atoms with Crippen molar-refractivity contribution in [3.63, 3.8) is 0 Å². The second-order valence-corrected chi connectivity index (χ2v) is 13.0. The molecule has 7 heteroatoms. The Bertz CT molecular complexity index is 1390. The van der Waals surface area contributed by atoms with Crippen LogP contribution in [0.5, 0.6) is 0 Å². The minimum atomic E-state index is -0.754. The maximum absolute atomic E-state index is 12.6. The van der Waals surface area contributed by atoms with Gasteiger partial charge in [0, 0.05) is 22.7 Å². The highest BCUT2D eigenvalue weighted by atomic mass is 16.6. The van der Waals surface area contributed by atoms with E-state index in [1.54, 1.807) is 30.5 Å². The molecule has 1 unspecified atom stereocenters. The molecule has 40 heavy (non-hydrogen) atoms. The van der Waals surface area contributed by atoms with Gasteiger partial charge in [-0.1, -0.05) is 19.4 Å². The molecule has 1 aromatic heterocycles. The molecular weight excluding hydrogens is 506 g/mol. The lowest BCUT2D eigenvalue weighted by Gasteiger charge is -2.61. The highest BCUT2D eigenvalue weighted by Crippen LogP contribution is 2.70. The van der Waals surface area contributed by atoms with Gasteiger partial charge in [0.15, 0.2) is 5.78 Å². The van der Waals surface area contributed by atoms with Crippen molar-refractivity contribution < 1.29 is 23.8 Å². The molecule has 7 nitrogen and oxygen atoms in total. The summed E-state index contributed by atoms with van der Waals surface area (Å²) in [5.74, 6) is 0.753. The minimum Gasteiger partial charge on any atom is -0.442 e. The van der Waals surface area contributed by atoms with Crippen LogP contribution in [0.2, 0.25) is 0 Å². The quantitative estimate of drug-likeness (QED) is 0.330. The van der Waals surface area contributed by atoms with E-state index in [9.17, 15) is 19.5 Å². The zero-order chi connectivity index (χ0) is 28.3. The number of ketones is 1. The molecule has 1 amide bonds. The summed E-state index contributed by atoms with van der Waals surface area (Å²) in [5.41, 5.74) is 2.19.